The lowest BCUT2D eigenvalue weighted by Crippen LogP contribution is -1.77. The van der Waals surface area contributed by atoms with Crippen LogP contribution in [-0.2, 0) is 4.57 Å². The monoisotopic (exact) mass is 170 g/mol. The molecule has 3 nitrogen and oxygen atoms in total. The maximum Gasteiger partial charge on any atom is 0.337 e. The number of benzene rings is 1. The molecule has 0 heterocycles. The maximum atomic E-state index is 10.7. The lowest BCUT2D eigenvalue weighted by Gasteiger charge is -1.97. The molecular weight excluding hydrogens is 163 g/mol. The van der Waals surface area contributed by atoms with Gasteiger partial charge in [-0.2, -0.15) is 0 Å². The summed E-state index contributed by atoms with van der Waals surface area (Å²) in [5, 5.41) is 0. The SMILES string of the molecule is O=P(O)(O)C1c2ccccc21. The van der Waals surface area contributed by atoms with Crippen LogP contribution in [0.3, 0.4) is 0 Å². The first kappa shape index (κ1) is 7.04. The zero-order valence-corrected chi connectivity index (χ0v) is 6.53. The van der Waals surface area contributed by atoms with E-state index in [0.29, 0.717) is 0 Å². The molecule has 0 bridgehead atoms. The molecule has 0 fully saturated rings. The molecule has 58 valence electrons. The molecule has 1 aliphatic rings. The van der Waals surface area contributed by atoms with Crippen molar-refractivity contribution in [1.29, 1.82) is 0 Å². The van der Waals surface area contributed by atoms with Gasteiger partial charge < -0.3 is 9.79 Å². The van der Waals surface area contributed by atoms with E-state index < -0.39 is 13.3 Å². The summed E-state index contributed by atoms with van der Waals surface area (Å²) in [7, 11) is -3.91. The second kappa shape index (κ2) is 1.95. The van der Waals surface area contributed by atoms with Crippen molar-refractivity contribution >= 4 is 7.60 Å². The number of rotatable bonds is 1. The quantitative estimate of drug-likeness (QED) is 0.624. The van der Waals surface area contributed by atoms with Crippen LogP contribution in [0.5, 0.6) is 0 Å². The summed E-state index contributed by atoms with van der Waals surface area (Å²) in [5.41, 5.74) is 0.985. The molecule has 0 aliphatic heterocycles. The number of fused-ring (bicyclic) bond motifs is 1. The summed E-state index contributed by atoms with van der Waals surface area (Å²) in [6.07, 6.45) is 0. The predicted octanol–water partition coefficient (Wildman–Crippen LogP) is 1.27. The average Bonchev–Trinajstić information content (AvgIpc) is 2.58. The summed E-state index contributed by atoms with van der Waals surface area (Å²) in [6, 6.07) is 7.07. The van der Waals surface area contributed by atoms with Crippen LogP contribution < -0.4 is 0 Å². The van der Waals surface area contributed by atoms with E-state index in [1.807, 2.05) is 0 Å². The highest BCUT2D eigenvalue weighted by atomic mass is 31.2. The molecule has 1 aliphatic carbocycles. The summed E-state index contributed by atoms with van der Waals surface area (Å²) in [5.74, 6) is 0. The lowest BCUT2D eigenvalue weighted by atomic mass is 10.4. The Hall–Kier alpha value is -0.630. The molecule has 0 spiro atoms. The highest BCUT2D eigenvalue weighted by Gasteiger charge is 2.45. The van der Waals surface area contributed by atoms with Crippen molar-refractivity contribution in [3.63, 3.8) is 0 Å². The van der Waals surface area contributed by atoms with Crippen LogP contribution in [0.2, 0.25) is 0 Å². The van der Waals surface area contributed by atoms with Crippen LogP contribution in [0, 0.1) is 0 Å². The van der Waals surface area contributed by atoms with E-state index in [1.165, 1.54) is 0 Å². The van der Waals surface area contributed by atoms with Gasteiger partial charge in [0.05, 0.1) is 0 Å². The van der Waals surface area contributed by atoms with Gasteiger partial charge in [0.2, 0.25) is 0 Å². The first-order valence-electron chi connectivity index (χ1n) is 3.25. The highest BCUT2D eigenvalue weighted by Crippen LogP contribution is 2.65. The molecule has 0 unspecified atom stereocenters. The minimum Gasteiger partial charge on any atom is -0.324 e. The summed E-state index contributed by atoms with van der Waals surface area (Å²) in [6.45, 7) is 0. The Labute approximate surface area is 63.8 Å². The smallest absolute Gasteiger partial charge is 0.324 e. The van der Waals surface area contributed by atoms with Gasteiger partial charge in [-0.15, -0.1) is 0 Å². The Balaban J connectivity index is 2.39. The van der Waals surface area contributed by atoms with Crippen molar-refractivity contribution in [3.8, 4) is 0 Å². The van der Waals surface area contributed by atoms with Gasteiger partial charge in [0.15, 0.2) is 0 Å². The average molecular weight is 170 g/mol. The fraction of sp³-hybridized carbons (Fsp3) is 0.143. The highest BCUT2D eigenvalue weighted by molar-refractivity contribution is 7.53. The van der Waals surface area contributed by atoms with Crippen LogP contribution >= 0.6 is 7.60 Å². The van der Waals surface area contributed by atoms with Crippen LogP contribution in [0.25, 0.3) is 0 Å². The van der Waals surface area contributed by atoms with Gasteiger partial charge in [0.25, 0.3) is 0 Å². The molecule has 1 aromatic carbocycles. The van der Waals surface area contributed by atoms with E-state index in [2.05, 4.69) is 0 Å². The molecule has 11 heavy (non-hydrogen) atoms. The predicted molar refractivity (Wildman–Crippen MR) is 40.3 cm³/mol. The van der Waals surface area contributed by atoms with Crippen LogP contribution in [0.1, 0.15) is 16.8 Å². The molecule has 0 saturated heterocycles. The Morgan fingerprint density at radius 1 is 1.18 bits per heavy atom. The van der Waals surface area contributed by atoms with Crippen molar-refractivity contribution in [2.45, 2.75) is 5.66 Å². The fourth-order valence-electron chi connectivity index (χ4n) is 1.30. The van der Waals surface area contributed by atoms with E-state index in [9.17, 15) is 4.57 Å². The van der Waals surface area contributed by atoms with Gasteiger partial charge in [-0.25, -0.2) is 0 Å². The van der Waals surface area contributed by atoms with Crippen molar-refractivity contribution in [2.75, 3.05) is 0 Å². The third-order valence-corrected chi connectivity index (χ3v) is 3.07. The Morgan fingerprint density at radius 2 is 1.64 bits per heavy atom. The second-order valence-electron chi connectivity index (χ2n) is 2.62. The minimum absolute atomic E-state index is 0.600. The van der Waals surface area contributed by atoms with Crippen molar-refractivity contribution in [3.05, 3.63) is 35.4 Å². The molecule has 2 N–H and O–H groups in total. The first-order valence-corrected chi connectivity index (χ1v) is 4.93. The third-order valence-electron chi connectivity index (χ3n) is 1.84. The molecule has 0 radical (unpaired) electrons. The van der Waals surface area contributed by atoms with Gasteiger partial charge in [0, 0.05) is 0 Å². The van der Waals surface area contributed by atoms with E-state index >= 15 is 0 Å². The standard InChI is InChI=1S/C7H7O3P/c8-11(9,10)7-5-3-1-2-4-6(5)7/h1-4,7H,(H2,8,9,10). The molecule has 1 aromatic rings. The van der Waals surface area contributed by atoms with E-state index in [4.69, 9.17) is 9.79 Å². The van der Waals surface area contributed by atoms with Crippen molar-refractivity contribution in [2.24, 2.45) is 0 Å². The van der Waals surface area contributed by atoms with Gasteiger partial charge in [-0.05, 0) is 11.1 Å². The van der Waals surface area contributed by atoms with Crippen molar-refractivity contribution < 1.29 is 14.4 Å². The van der Waals surface area contributed by atoms with Gasteiger partial charge in [0.1, 0.15) is 5.66 Å². The van der Waals surface area contributed by atoms with Gasteiger partial charge in [-0.3, -0.25) is 4.57 Å². The molecule has 0 atom stereocenters. The molecule has 0 amide bonds. The molecule has 0 saturated carbocycles. The van der Waals surface area contributed by atoms with Crippen molar-refractivity contribution in [1.82, 2.24) is 0 Å². The molecule has 4 heteroatoms. The van der Waals surface area contributed by atoms with Crippen LogP contribution in [0.15, 0.2) is 24.3 Å². The zero-order valence-electron chi connectivity index (χ0n) is 5.64. The summed E-state index contributed by atoms with van der Waals surface area (Å²) in [4.78, 5) is 17.6. The van der Waals surface area contributed by atoms with Gasteiger partial charge >= 0.3 is 7.60 Å². The first-order chi connectivity index (χ1) is 5.11. The summed E-state index contributed by atoms with van der Waals surface area (Å²) >= 11 is 0. The second-order valence-corrected chi connectivity index (χ2v) is 4.32. The lowest BCUT2D eigenvalue weighted by molar-refractivity contribution is 0.370. The normalized spacial score (nSPS) is 16.2. The third kappa shape index (κ3) is 1.02. The maximum absolute atomic E-state index is 10.7. The Bertz CT molecular complexity index is 318. The number of hydrogen-bond acceptors (Lipinski definition) is 1. The summed E-state index contributed by atoms with van der Waals surface area (Å²) < 4.78 is 10.7. The van der Waals surface area contributed by atoms with Gasteiger partial charge in [-0.1, -0.05) is 24.3 Å². The molecule has 0 aromatic heterocycles. The van der Waals surface area contributed by atoms with Crippen LogP contribution in [0.4, 0.5) is 0 Å². The Morgan fingerprint density at radius 3 is 2.00 bits per heavy atom. The van der Waals surface area contributed by atoms with E-state index in [-0.39, 0.29) is 0 Å². The van der Waals surface area contributed by atoms with Crippen LogP contribution in [-0.4, -0.2) is 9.79 Å². The molecule has 2 rings (SSSR count). The topological polar surface area (TPSA) is 57.5 Å². The largest absolute Gasteiger partial charge is 0.337 e. The fourth-order valence-corrected chi connectivity index (χ4v) is 2.42. The Kier molecular flexibility index (Phi) is 1.25. The zero-order chi connectivity index (χ0) is 8.06. The molecular formula is C7H7O3P. The minimum atomic E-state index is -3.91. The van der Waals surface area contributed by atoms with E-state index in [0.717, 1.165) is 11.1 Å². The van der Waals surface area contributed by atoms with E-state index in [1.54, 1.807) is 24.3 Å². The number of hydrogen-bond donors (Lipinski definition) is 2.